The van der Waals surface area contributed by atoms with E-state index in [1.165, 1.54) is 25.9 Å². The van der Waals surface area contributed by atoms with Crippen LogP contribution in [-0.2, 0) is 0 Å². The lowest BCUT2D eigenvalue weighted by molar-refractivity contribution is 0.475. The van der Waals surface area contributed by atoms with E-state index in [0.717, 1.165) is 26.9 Å². The topological polar surface area (TPSA) is 60.9 Å². The van der Waals surface area contributed by atoms with Crippen molar-refractivity contribution in [3.8, 4) is 16.9 Å². The smallest absolute Gasteiger partial charge is 0.115 e. The van der Waals surface area contributed by atoms with Gasteiger partial charge in [-0.25, -0.2) is 0 Å². The number of benzene rings is 2. The van der Waals surface area contributed by atoms with Crippen molar-refractivity contribution in [2.24, 2.45) is 0 Å². The van der Waals surface area contributed by atoms with Gasteiger partial charge < -0.3 is 10.4 Å². The maximum absolute atomic E-state index is 9.27. The number of hydrogen-bond acceptors (Lipinski definition) is 4. The summed E-state index contributed by atoms with van der Waals surface area (Å²) >= 11 is 4.45. The second-order valence-corrected chi connectivity index (χ2v) is 5.81. The third-order valence-corrected chi connectivity index (χ3v) is 4.06. The summed E-state index contributed by atoms with van der Waals surface area (Å²) in [6.07, 6.45) is 4.54. The van der Waals surface area contributed by atoms with E-state index in [0.29, 0.717) is 0 Å². The monoisotopic (exact) mass is 343 g/mol. The van der Waals surface area contributed by atoms with Gasteiger partial charge in [0.25, 0.3) is 0 Å². The normalized spacial score (nSPS) is 13.0. The second kappa shape index (κ2) is 9.35. The number of rotatable bonds is 1. The number of nitrogens with zero attached hydrogens (tertiary/aromatic N) is 1. The predicted octanol–water partition coefficient (Wildman–Crippen LogP) is 4.62. The minimum absolute atomic E-state index is 0.266. The zero-order valence-electron chi connectivity index (χ0n) is 14.2. The highest BCUT2D eigenvalue weighted by molar-refractivity contribution is 7.80. The van der Waals surface area contributed by atoms with E-state index in [2.05, 4.69) is 28.1 Å². The summed E-state index contributed by atoms with van der Waals surface area (Å²) in [7, 11) is 0. The van der Waals surface area contributed by atoms with Crippen LogP contribution >= 0.6 is 12.6 Å². The molecule has 0 spiro atoms. The van der Waals surface area contributed by atoms with Gasteiger partial charge in [0.15, 0.2) is 0 Å². The van der Waals surface area contributed by atoms with Gasteiger partial charge in [0, 0.05) is 10.3 Å². The number of phenolic OH excluding ortho intramolecular Hbond substituents is 1. The van der Waals surface area contributed by atoms with Gasteiger partial charge in [0.2, 0.25) is 0 Å². The minimum atomic E-state index is 0.266. The number of aromatic hydroxyl groups is 1. The molecule has 0 unspecified atom stereocenters. The minimum Gasteiger partial charge on any atom is -0.508 e. The fourth-order valence-corrected chi connectivity index (χ4v) is 2.80. The second-order valence-electron chi connectivity index (χ2n) is 5.33. The lowest BCUT2D eigenvalue weighted by Crippen LogP contribution is -2.03. The van der Waals surface area contributed by atoms with Gasteiger partial charge in [-0.2, -0.15) is 5.10 Å². The molecule has 0 atom stereocenters. The molecule has 24 heavy (non-hydrogen) atoms. The first kappa shape index (κ1) is 18.4. The fourth-order valence-electron chi connectivity index (χ4n) is 2.48. The van der Waals surface area contributed by atoms with Crippen LogP contribution < -0.4 is 5.32 Å². The molecule has 0 radical (unpaired) electrons. The van der Waals surface area contributed by atoms with Gasteiger partial charge in [0.1, 0.15) is 5.75 Å². The highest BCUT2D eigenvalue weighted by Crippen LogP contribution is 2.29. The van der Waals surface area contributed by atoms with E-state index in [-0.39, 0.29) is 5.75 Å². The summed E-state index contributed by atoms with van der Waals surface area (Å²) in [6.45, 7) is 6.50. The van der Waals surface area contributed by atoms with Gasteiger partial charge in [-0.1, -0.05) is 26.0 Å². The number of nitrogens with one attached hydrogen (secondary N) is 2. The zero-order chi connectivity index (χ0) is 17.4. The zero-order valence-corrected chi connectivity index (χ0v) is 15.1. The molecule has 0 bridgehead atoms. The van der Waals surface area contributed by atoms with Crippen molar-refractivity contribution in [1.29, 1.82) is 0 Å². The van der Waals surface area contributed by atoms with Gasteiger partial charge in [-0.15, -0.1) is 12.6 Å². The van der Waals surface area contributed by atoms with Crippen LogP contribution in [0.1, 0.15) is 26.7 Å². The first-order chi connectivity index (χ1) is 11.7. The Bertz CT molecular complexity index is 741. The maximum atomic E-state index is 9.27. The van der Waals surface area contributed by atoms with Crippen LogP contribution in [-0.4, -0.2) is 28.4 Å². The molecule has 1 aliphatic heterocycles. The molecule has 3 N–H and O–H groups in total. The predicted molar refractivity (Wildman–Crippen MR) is 104 cm³/mol. The number of thiol groups is 1. The molecule has 4 rings (SSSR count). The van der Waals surface area contributed by atoms with E-state index < -0.39 is 0 Å². The molecule has 1 aromatic heterocycles. The molecule has 128 valence electrons. The molecule has 2 heterocycles. The molecule has 1 fully saturated rings. The van der Waals surface area contributed by atoms with Crippen LogP contribution in [0.3, 0.4) is 0 Å². The van der Waals surface area contributed by atoms with Crippen LogP contribution in [0.25, 0.3) is 22.0 Å². The van der Waals surface area contributed by atoms with Crippen LogP contribution in [0.4, 0.5) is 0 Å². The van der Waals surface area contributed by atoms with Gasteiger partial charge in [-0.3, -0.25) is 5.10 Å². The van der Waals surface area contributed by atoms with E-state index in [1.807, 2.05) is 38.1 Å². The van der Waals surface area contributed by atoms with E-state index in [9.17, 15) is 5.11 Å². The van der Waals surface area contributed by atoms with Crippen molar-refractivity contribution in [1.82, 2.24) is 15.5 Å². The molecular formula is C19H25N3OS. The number of hydrogen-bond donors (Lipinski definition) is 4. The molecule has 1 saturated heterocycles. The van der Waals surface area contributed by atoms with Crippen molar-refractivity contribution in [2.75, 3.05) is 13.1 Å². The standard InChI is InChI=1S/C13H10N2OS.C4H9N.C2H6/c16-10-3-1-8(2-4-10)9-5-12-11(7-14-15-12)13(17)6-9;1-2-4-5-3-1;1-2/h1-7,16-17H,(H,14,15);5H,1-4H2;1-2H3. The van der Waals surface area contributed by atoms with Crippen LogP contribution in [0, 0.1) is 0 Å². The lowest BCUT2D eigenvalue weighted by atomic mass is 10.0. The lowest BCUT2D eigenvalue weighted by Gasteiger charge is -2.04. The molecular weight excluding hydrogens is 318 g/mol. The van der Waals surface area contributed by atoms with Crippen molar-refractivity contribution >= 4 is 23.5 Å². The molecule has 5 heteroatoms. The van der Waals surface area contributed by atoms with Crippen molar-refractivity contribution in [3.63, 3.8) is 0 Å². The molecule has 3 aromatic rings. The summed E-state index contributed by atoms with van der Waals surface area (Å²) in [6, 6.07) is 11.1. The Morgan fingerprint density at radius 3 is 2.25 bits per heavy atom. The Kier molecular flexibility index (Phi) is 7.15. The number of fused-ring (bicyclic) bond motifs is 1. The Hall–Kier alpha value is -1.98. The summed E-state index contributed by atoms with van der Waals surface area (Å²) < 4.78 is 0. The van der Waals surface area contributed by atoms with E-state index in [4.69, 9.17) is 0 Å². The van der Waals surface area contributed by atoms with E-state index in [1.54, 1.807) is 18.3 Å². The molecule has 0 saturated carbocycles. The quantitative estimate of drug-likeness (QED) is 0.488. The Morgan fingerprint density at radius 1 is 1.00 bits per heavy atom. The number of phenols is 1. The average Bonchev–Trinajstić information content (AvgIpc) is 3.32. The summed E-state index contributed by atoms with van der Waals surface area (Å²) in [5.41, 5.74) is 3.04. The molecule has 4 nitrogen and oxygen atoms in total. The van der Waals surface area contributed by atoms with Crippen LogP contribution in [0.2, 0.25) is 0 Å². The number of aromatic amines is 1. The molecule has 0 amide bonds. The molecule has 1 aliphatic rings. The SMILES string of the molecule is C1CCNC1.CC.Oc1ccc(-c2cc(S)c3cn[nH]c3c2)cc1. The van der Waals surface area contributed by atoms with Crippen molar-refractivity contribution < 1.29 is 5.11 Å². The summed E-state index contributed by atoms with van der Waals surface area (Å²) in [5, 5.41) is 20.4. The van der Waals surface area contributed by atoms with Crippen LogP contribution in [0.5, 0.6) is 5.75 Å². The third kappa shape index (κ3) is 4.76. The Labute approximate surface area is 148 Å². The average molecular weight is 343 g/mol. The highest BCUT2D eigenvalue weighted by Gasteiger charge is 2.05. The summed E-state index contributed by atoms with van der Waals surface area (Å²) in [4.78, 5) is 0.888. The van der Waals surface area contributed by atoms with Crippen LogP contribution in [0.15, 0.2) is 47.5 Å². The Morgan fingerprint density at radius 2 is 1.67 bits per heavy atom. The maximum Gasteiger partial charge on any atom is 0.115 e. The molecule has 2 aromatic carbocycles. The number of H-pyrrole nitrogens is 1. The third-order valence-electron chi connectivity index (χ3n) is 3.69. The summed E-state index contributed by atoms with van der Waals surface area (Å²) in [5.74, 6) is 0.266. The van der Waals surface area contributed by atoms with Crippen molar-refractivity contribution in [3.05, 3.63) is 42.6 Å². The molecule has 0 aliphatic carbocycles. The van der Waals surface area contributed by atoms with Gasteiger partial charge in [0.05, 0.1) is 11.7 Å². The van der Waals surface area contributed by atoms with E-state index >= 15 is 0 Å². The number of aromatic nitrogens is 2. The van der Waals surface area contributed by atoms with Crippen molar-refractivity contribution in [2.45, 2.75) is 31.6 Å². The first-order valence-corrected chi connectivity index (χ1v) is 8.85. The van der Waals surface area contributed by atoms with Gasteiger partial charge in [-0.05, 0) is 61.3 Å². The highest BCUT2D eigenvalue weighted by atomic mass is 32.1. The Balaban J connectivity index is 0.000000252. The first-order valence-electron chi connectivity index (χ1n) is 8.40. The van der Waals surface area contributed by atoms with Gasteiger partial charge >= 0.3 is 0 Å². The fraction of sp³-hybridized carbons (Fsp3) is 0.316. The largest absolute Gasteiger partial charge is 0.508 e.